The molecule has 2 N–H and O–H groups in total. The van der Waals surface area contributed by atoms with Gasteiger partial charge >= 0.3 is 0 Å². The molecule has 3 heteroatoms. The SMILES string of the molecule is OC1CC2NCCC2C(N2CCCC2)C1. The number of aliphatic hydroxyl groups is 1. The van der Waals surface area contributed by atoms with Crippen LogP contribution in [0.4, 0.5) is 0 Å². The zero-order chi connectivity index (χ0) is 10.3. The molecule has 3 rings (SSSR count). The quantitative estimate of drug-likeness (QED) is 0.665. The third-order valence-electron chi connectivity index (χ3n) is 4.54. The third kappa shape index (κ3) is 1.81. The molecule has 1 aliphatic carbocycles. The summed E-state index contributed by atoms with van der Waals surface area (Å²) in [6.45, 7) is 3.69. The van der Waals surface area contributed by atoms with Gasteiger partial charge in [0.15, 0.2) is 0 Å². The van der Waals surface area contributed by atoms with Crippen molar-refractivity contribution in [1.82, 2.24) is 10.2 Å². The second kappa shape index (κ2) is 4.04. The Morgan fingerprint density at radius 1 is 1.13 bits per heavy atom. The number of nitrogens with zero attached hydrogens (tertiary/aromatic N) is 1. The topological polar surface area (TPSA) is 35.5 Å². The summed E-state index contributed by atoms with van der Waals surface area (Å²) in [5.41, 5.74) is 0. The molecule has 2 saturated heterocycles. The predicted molar refractivity (Wildman–Crippen MR) is 59.7 cm³/mol. The number of aliphatic hydroxyl groups excluding tert-OH is 1. The van der Waals surface area contributed by atoms with Gasteiger partial charge in [-0.15, -0.1) is 0 Å². The Balaban J connectivity index is 1.73. The highest BCUT2D eigenvalue weighted by Gasteiger charge is 2.42. The summed E-state index contributed by atoms with van der Waals surface area (Å²) in [5.74, 6) is 0.812. The molecule has 15 heavy (non-hydrogen) atoms. The molecule has 86 valence electrons. The average Bonchev–Trinajstić information content (AvgIpc) is 2.86. The summed E-state index contributed by atoms with van der Waals surface area (Å²) in [6.07, 6.45) is 5.97. The van der Waals surface area contributed by atoms with E-state index in [1.54, 1.807) is 0 Å². The van der Waals surface area contributed by atoms with Gasteiger partial charge in [-0.1, -0.05) is 0 Å². The van der Waals surface area contributed by atoms with Crippen LogP contribution in [0.3, 0.4) is 0 Å². The first-order chi connectivity index (χ1) is 7.34. The second-order valence-electron chi connectivity index (χ2n) is 5.45. The minimum atomic E-state index is -0.0672. The highest BCUT2D eigenvalue weighted by atomic mass is 16.3. The normalized spacial score (nSPS) is 47.0. The van der Waals surface area contributed by atoms with Crippen LogP contribution in [0.2, 0.25) is 0 Å². The van der Waals surface area contributed by atoms with Crippen LogP contribution in [0, 0.1) is 5.92 Å². The maximum atomic E-state index is 9.92. The van der Waals surface area contributed by atoms with Crippen molar-refractivity contribution in [3.63, 3.8) is 0 Å². The number of nitrogens with one attached hydrogen (secondary N) is 1. The lowest BCUT2D eigenvalue weighted by Gasteiger charge is -2.41. The standard InChI is InChI=1S/C12H22N2O/c15-9-7-11-10(3-4-13-11)12(8-9)14-5-1-2-6-14/h9-13,15H,1-8H2. The monoisotopic (exact) mass is 210 g/mol. The zero-order valence-electron chi connectivity index (χ0n) is 9.36. The smallest absolute Gasteiger partial charge is 0.0570 e. The lowest BCUT2D eigenvalue weighted by Crippen LogP contribution is -2.50. The van der Waals surface area contributed by atoms with E-state index in [1.165, 1.54) is 32.4 Å². The van der Waals surface area contributed by atoms with E-state index in [9.17, 15) is 5.11 Å². The van der Waals surface area contributed by atoms with Crippen molar-refractivity contribution in [2.24, 2.45) is 5.92 Å². The highest BCUT2D eigenvalue weighted by Crippen LogP contribution is 2.35. The van der Waals surface area contributed by atoms with Crippen LogP contribution in [0.5, 0.6) is 0 Å². The van der Waals surface area contributed by atoms with E-state index in [0.717, 1.165) is 25.3 Å². The van der Waals surface area contributed by atoms with Gasteiger partial charge in [0.05, 0.1) is 6.10 Å². The molecular weight excluding hydrogens is 188 g/mol. The third-order valence-corrected chi connectivity index (χ3v) is 4.54. The molecular formula is C12H22N2O. The Hall–Kier alpha value is -0.120. The molecule has 2 aliphatic heterocycles. The first-order valence-electron chi connectivity index (χ1n) is 6.50. The van der Waals surface area contributed by atoms with Crippen molar-refractivity contribution < 1.29 is 5.11 Å². The van der Waals surface area contributed by atoms with Crippen LogP contribution in [0.1, 0.15) is 32.1 Å². The van der Waals surface area contributed by atoms with Crippen LogP contribution >= 0.6 is 0 Å². The van der Waals surface area contributed by atoms with Crippen molar-refractivity contribution in [3.8, 4) is 0 Å². The minimum Gasteiger partial charge on any atom is -0.393 e. The van der Waals surface area contributed by atoms with E-state index in [4.69, 9.17) is 0 Å². The average molecular weight is 210 g/mol. The lowest BCUT2D eigenvalue weighted by molar-refractivity contribution is 0.0298. The van der Waals surface area contributed by atoms with Crippen LogP contribution < -0.4 is 5.32 Å². The maximum absolute atomic E-state index is 9.92. The Morgan fingerprint density at radius 3 is 2.73 bits per heavy atom. The second-order valence-corrected chi connectivity index (χ2v) is 5.45. The van der Waals surface area contributed by atoms with Gasteiger partial charge in [-0.3, -0.25) is 4.90 Å². The van der Waals surface area contributed by atoms with E-state index in [2.05, 4.69) is 10.2 Å². The number of fused-ring (bicyclic) bond motifs is 1. The first-order valence-corrected chi connectivity index (χ1v) is 6.50. The largest absolute Gasteiger partial charge is 0.393 e. The molecule has 0 aromatic carbocycles. The molecule has 0 aromatic rings. The molecule has 0 spiro atoms. The summed E-state index contributed by atoms with van der Waals surface area (Å²) in [7, 11) is 0. The van der Waals surface area contributed by atoms with Gasteiger partial charge in [0.1, 0.15) is 0 Å². The molecule has 3 aliphatic rings. The van der Waals surface area contributed by atoms with Crippen LogP contribution in [0.25, 0.3) is 0 Å². The van der Waals surface area contributed by atoms with Gasteiger partial charge in [-0.2, -0.15) is 0 Å². The van der Waals surface area contributed by atoms with Gasteiger partial charge in [-0.05, 0) is 57.7 Å². The number of likely N-dealkylation sites (tertiary alicyclic amines) is 1. The molecule has 0 amide bonds. The van der Waals surface area contributed by atoms with Crippen LogP contribution in [0.15, 0.2) is 0 Å². The fraction of sp³-hybridized carbons (Fsp3) is 1.00. The van der Waals surface area contributed by atoms with Gasteiger partial charge in [-0.25, -0.2) is 0 Å². The van der Waals surface area contributed by atoms with Crippen LogP contribution in [-0.2, 0) is 0 Å². The predicted octanol–water partition coefficient (Wildman–Crippen LogP) is 0.584. The van der Waals surface area contributed by atoms with Crippen molar-refractivity contribution in [3.05, 3.63) is 0 Å². The summed E-state index contributed by atoms with van der Waals surface area (Å²) < 4.78 is 0. The molecule has 3 nitrogen and oxygen atoms in total. The fourth-order valence-corrected chi connectivity index (χ4v) is 3.84. The van der Waals surface area contributed by atoms with Gasteiger partial charge in [0.25, 0.3) is 0 Å². The summed E-state index contributed by atoms with van der Waals surface area (Å²) in [6, 6.07) is 1.26. The number of hydrogen-bond acceptors (Lipinski definition) is 3. The van der Waals surface area contributed by atoms with Crippen molar-refractivity contribution in [1.29, 1.82) is 0 Å². The van der Waals surface area contributed by atoms with Crippen molar-refractivity contribution >= 4 is 0 Å². The Bertz CT molecular complexity index is 228. The molecule has 2 heterocycles. The van der Waals surface area contributed by atoms with E-state index >= 15 is 0 Å². The van der Waals surface area contributed by atoms with E-state index in [1.807, 2.05) is 0 Å². The van der Waals surface area contributed by atoms with Gasteiger partial charge in [0, 0.05) is 12.1 Å². The zero-order valence-corrected chi connectivity index (χ0v) is 9.36. The van der Waals surface area contributed by atoms with Gasteiger partial charge in [0.2, 0.25) is 0 Å². The van der Waals surface area contributed by atoms with E-state index in [0.29, 0.717) is 12.1 Å². The van der Waals surface area contributed by atoms with E-state index in [-0.39, 0.29) is 6.10 Å². The Kier molecular flexibility index (Phi) is 2.71. The molecule has 4 unspecified atom stereocenters. The molecule has 0 bridgehead atoms. The van der Waals surface area contributed by atoms with Gasteiger partial charge < -0.3 is 10.4 Å². The maximum Gasteiger partial charge on any atom is 0.0570 e. The summed E-state index contributed by atoms with van der Waals surface area (Å²) in [4.78, 5) is 2.63. The van der Waals surface area contributed by atoms with Crippen LogP contribution in [-0.4, -0.2) is 47.8 Å². The lowest BCUT2D eigenvalue weighted by atomic mass is 9.79. The summed E-state index contributed by atoms with van der Waals surface area (Å²) >= 11 is 0. The Morgan fingerprint density at radius 2 is 1.93 bits per heavy atom. The first kappa shape index (κ1) is 10.1. The van der Waals surface area contributed by atoms with Crippen molar-refractivity contribution in [2.75, 3.05) is 19.6 Å². The fourth-order valence-electron chi connectivity index (χ4n) is 3.84. The molecule has 0 radical (unpaired) electrons. The number of rotatable bonds is 1. The number of hydrogen-bond donors (Lipinski definition) is 2. The molecule has 3 fully saturated rings. The minimum absolute atomic E-state index is 0.0672. The Labute approximate surface area is 91.8 Å². The highest BCUT2D eigenvalue weighted by molar-refractivity contribution is 4.99. The molecule has 4 atom stereocenters. The molecule has 0 aromatic heterocycles. The van der Waals surface area contributed by atoms with Crippen molar-refractivity contribution in [2.45, 2.75) is 50.3 Å². The molecule has 1 saturated carbocycles. The summed E-state index contributed by atoms with van der Waals surface area (Å²) in [5, 5.41) is 13.5. The van der Waals surface area contributed by atoms with E-state index < -0.39 is 0 Å².